The van der Waals surface area contributed by atoms with Crippen molar-refractivity contribution in [1.82, 2.24) is 0 Å². The Kier molecular flexibility index (Phi) is 22.7. The van der Waals surface area contributed by atoms with Crippen LogP contribution >= 0.6 is 79.6 Å². The molecule has 0 radical (unpaired) electrons. The maximum Gasteiger partial charge on any atom is 0.168 e. The molecule has 0 saturated carbocycles. The third-order valence-corrected chi connectivity index (χ3v) is 7.41. The van der Waals surface area contributed by atoms with Gasteiger partial charge < -0.3 is 23.7 Å². The lowest BCUT2D eigenvalue weighted by Crippen LogP contribution is -2.52. The van der Waals surface area contributed by atoms with Gasteiger partial charge in [-0.2, -0.15) is 0 Å². The standard InChI is InChI=1S/C21H29Br5O10/c1-13(33-8-15(28)3-23)20(35-10-17(30)5-25)21(36-11-18(31)6-26)19(34-9-16(29)4-24)12-32-7-14(27)2-22/h13,19-21H,2-12H2,1H3. The molecular weight excluding hydrogens is 812 g/mol. The highest BCUT2D eigenvalue weighted by molar-refractivity contribution is 9.10. The van der Waals surface area contributed by atoms with E-state index in [0.29, 0.717) is 0 Å². The van der Waals surface area contributed by atoms with Gasteiger partial charge in [0.1, 0.15) is 51.3 Å². The summed E-state index contributed by atoms with van der Waals surface area (Å²) in [6.45, 7) is -0.0357. The van der Waals surface area contributed by atoms with Crippen LogP contribution in [0.4, 0.5) is 0 Å². The van der Waals surface area contributed by atoms with Gasteiger partial charge in [-0.1, -0.05) is 79.6 Å². The van der Waals surface area contributed by atoms with E-state index in [9.17, 15) is 24.0 Å². The van der Waals surface area contributed by atoms with E-state index in [1.165, 1.54) is 0 Å². The fraction of sp³-hybridized carbons (Fsp3) is 0.762. The summed E-state index contributed by atoms with van der Waals surface area (Å²) in [7, 11) is 0. The molecule has 0 amide bonds. The molecule has 10 nitrogen and oxygen atoms in total. The lowest BCUT2D eigenvalue weighted by molar-refractivity contribution is -0.188. The number of rotatable bonds is 24. The fourth-order valence-electron chi connectivity index (χ4n) is 2.53. The molecule has 0 heterocycles. The van der Waals surface area contributed by atoms with E-state index in [-0.39, 0.29) is 95.2 Å². The summed E-state index contributed by atoms with van der Waals surface area (Å²) in [5.41, 5.74) is 0. The zero-order chi connectivity index (χ0) is 27.5. The molecule has 0 rings (SSSR count). The minimum absolute atomic E-state index is 0.0307. The molecule has 0 aliphatic heterocycles. The Morgan fingerprint density at radius 3 is 1.33 bits per heavy atom. The Morgan fingerprint density at radius 1 is 0.528 bits per heavy atom. The van der Waals surface area contributed by atoms with Gasteiger partial charge >= 0.3 is 0 Å². The highest BCUT2D eigenvalue weighted by Gasteiger charge is 2.38. The fourth-order valence-corrected chi connectivity index (χ4v) is 3.34. The molecule has 4 unspecified atom stereocenters. The van der Waals surface area contributed by atoms with Gasteiger partial charge in [-0.25, -0.2) is 0 Å². The van der Waals surface area contributed by atoms with Gasteiger partial charge in [0.25, 0.3) is 0 Å². The minimum atomic E-state index is -1.08. The average Bonchev–Trinajstić information content (AvgIpc) is 2.89. The first kappa shape index (κ1) is 36.5. The zero-order valence-electron chi connectivity index (χ0n) is 19.6. The van der Waals surface area contributed by atoms with Crippen LogP contribution in [0.1, 0.15) is 6.92 Å². The van der Waals surface area contributed by atoms with Crippen LogP contribution < -0.4 is 0 Å². The smallest absolute Gasteiger partial charge is 0.168 e. The molecule has 0 aromatic carbocycles. The Bertz CT molecular complexity index is 709. The van der Waals surface area contributed by atoms with Crippen molar-refractivity contribution in [3.8, 4) is 0 Å². The monoisotopic (exact) mass is 836 g/mol. The summed E-state index contributed by atoms with van der Waals surface area (Å²) < 4.78 is 28.6. The van der Waals surface area contributed by atoms with Gasteiger partial charge in [0.05, 0.1) is 39.4 Å². The largest absolute Gasteiger partial charge is 0.371 e. The average molecular weight is 841 g/mol. The molecular formula is C21H29Br5O10. The first-order chi connectivity index (χ1) is 17.1. The predicted octanol–water partition coefficient (Wildman–Crippen LogP) is 2.38. The summed E-state index contributed by atoms with van der Waals surface area (Å²) in [4.78, 5) is 59.4. The molecule has 4 atom stereocenters. The van der Waals surface area contributed by atoms with Crippen LogP contribution in [-0.2, 0) is 47.7 Å². The number of alkyl halides is 5. The zero-order valence-corrected chi connectivity index (χ0v) is 27.5. The van der Waals surface area contributed by atoms with E-state index >= 15 is 0 Å². The topological polar surface area (TPSA) is 132 Å². The molecule has 0 aromatic rings. The SMILES string of the molecule is CC(OCC(=O)CBr)C(OCC(=O)CBr)C(OCC(=O)CBr)C(COCC(=O)CBr)OCC(=O)CBr. The second-order valence-corrected chi connectivity index (χ2v) is 10.1. The minimum Gasteiger partial charge on any atom is -0.371 e. The van der Waals surface area contributed by atoms with E-state index in [1.807, 2.05) is 0 Å². The van der Waals surface area contributed by atoms with Crippen LogP contribution in [0, 0.1) is 0 Å². The second-order valence-electron chi connectivity index (χ2n) is 7.29. The lowest BCUT2D eigenvalue weighted by Gasteiger charge is -2.36. The van der Waals surface area contributed by atoms with E-state index < -0.39 is 24.4 Å². The number of Topliss-reactive ketones (excluding diaryl/α,β-unsaturated/α-hetero) is 5. The van der Waals surface area contributed by atoms with Crippen LogP contribution in [0.2, 0.25) is 0 Å². The van der Waals surface area contributed by atoms with Gasteiger partial charge in [0.2, 0.25) is 0 Å². The van der Waals surface area contributed by atoms with Crippen LogP contribution in [0.5, 0.6) is 0 Å². The summed E-state index contributed by atoms with van der Waals surface area (Å²) in [6.07, 6.45) is -3.89. The predicted molar refractivity (Wildman–Crippen MR) is 149 cm³/mol. The summed E-state index contributed by atoms with van der Waals surface area (Å²) in [5.74, 6) is -1.28. The van der Waals surface area contributed by atoms with Gasteiger partial charge in [-0.05, 0) is 6.92 Å². The summed E-state index contributed by atoms with van der Waals surface area (Å²) in [6, 6.07) is 0. The molecule has 0 fully saturated rings. The number of hydrogen-bond acceptors (Lipinski definition) is 10. The van der Waals surface area contributed by atoms with Crippen molar-refractivity contribution >= 4 is 109 Å². The molecule has 208 valence electrons. The van der Waals surface area contributed by atoms with Crippen molar-refractivity contribution in [2.75, 3.05) is 66.3 Å². The van der Waals surface area contributed by atoms with Gasteiger partial charge in [-0.3, -0.25) is 24.0 Å². The molecule has 0 aliphatic rings. The Hall–Kier alpha value is 0.550. The maximum absolute atomic E-state index is 12.0. The second kappa shape index (κ2) is 22.4. The molecule has 0 saturated heterocycles. The number of hydrogen-bond donors (Lipinski definition) is 0. The van der Waals surface area contributed by atoms with Crippen molar-refractivity contribution < 1.29 is 47.7 Å². The molecule has 0 spiro atoms. The first-order valence-corrected chi connectivity index (χ1v) is 16.2. The summed E-state index contributed by atoms with van der Waals surface area (Å²) >= 11 is 15.3. The molecule has 15 heteroatoms. The number of carbonyl (C=O) groups is 5. The van der Waals surface area contributed by atoms with E-state index in [2.05, 4.69) is 79.6 Å². The Balaban J connectivity index is 6.06. The Morgan fingerprint density at radius 2 is 0.889 bits per heavy atom. The third kappa shape index (κ3) is 16.5. The van der Waals surface area contributed by atoms with Crippen molar-refractivity contribution in [3.63, 3.8) is 0 Å². The summed E-state index contributed by atoms with van der Waals surface area (Å²) in [5, 5.41) is 0.297. The van der Waals surface area contributed by atoms with E-state index in [1.54, 1.807) is 6.92 Å². The van der Waals surface area contributed by atoms with Crippen LogP contribution in [0.3, 0.4) is 0 Å². The molecule has 0 N–H and O–H groups in total. The number of carbonyl (C=O) groups excluding carboxylic acids is 5. The molecule has 0 aliphatic carbocycles. The van der Waals surface area contributed by atoms with Crippen LogP contribution in [0.25, 0.3) is 0 Å². The van der Waals surface area contributed by atoms with E-state index in [4.69, 9.17) is 23.7 Å². The first-order valence-electron chi connectivity index (χ1n) is 10.6. The molecule has 36 heavy (non-hydrogen) atoms. The lowest BCUT2D eigenvalue weighted by atomic mass is 10.0. The number of halogens is 5. The van der Waals surface area contributed by atoms with Gasteiger partial charge in [0.15, 0.2) is 28.9 Å². The van der Waals surface area contributed by atoms with Crippen molar-refractivity contribution in [1.29, 1.82) is 0 Å². The Labute approximate surface area is 252 Å². The van der Waals surface area contributed by atoms with Gasteiger partial charge in [-0.15, -0.1) is 0 Å². The van der Waals surface area contributed by atoms with Crippen molar-refractivity contribution in [2.45, 2.75) is 31.3 Å². The molecule has 0 bridgehead atoms. The number of ether oxygens (including phenoxy) is 5. The van der Waals surface area contributed by atoms with Crippen molar-refractivity contribution in [2.24, 2.45) is 0 Å². The highest BCUT2D eigenvalue weighted by atomic mass is 79.9. The highest BCUT2D eigenvalue weighted by Crippen LogP contribution is 2.20. The number of ketones is 5. The quantitative estimate of drug-likeness (QED) is 0.134. The molecule has 0 aromatic heterocycles. The normalized spacial score (nSPS) is 14.6. The van der Waals surface area contributed by atoms with Crippen LogP contribution in [-0.4, -0.2) is 120 Å². The maximum atomic E-state index is 12.0. The van der Waals surface area contributed by atoms with Gasteiger partial charge in [0, 0.05) is 0 Å². The van der Waals surface area contributed by atoms with E-state index in [0.717, 1.165) is 0 Å². The third-order valence-electron chi connectivity index (χ3n) is 4.28. The van der Waals surface area contributed by atoms with Crippen molar-refractivity contribution in [3.05, 3.63) is 0 Å². The van der Waals surface area contributed by atoms with Crippen LogP contribution in [0.15, 0.2) is 0 Å².